The van der Waals surface area contributed by atoms with Gasteiger partial charge in [0.15, 0.2) is 5.65 Å². The third-order valence-electron chi connectivity index (χ3n) is 4.97. The van der Waals surface area contributed by atoms with E-state index in [4.69, 9.17) is 21.7 Å². The Kier molecular flexibility index (Phi) is 4.83. The number of halogens is 1. The van der Waals surface area contributed by atoms with Crippen LogP contribution >= 0.6 is 11.6 Å². The average Bonchev–Trinajstić information content (AvgIpc) is 2.98. The molecule has 0 spiro atoms. The van der Waals surface area contributed by atoms with Crippen molar-refractivity contribution in [2.75, 3.05) is 5.32 Å². The molecule has 0 aliphatic carbocycles. The highest BCUT2D eigenvalue weighted by Crippen LogP contribution is 2.35. The van der Waals surface area contributed by atoms with Crippen LogP contribution in [-0.4, -0.2) is 14.6 Å². The van der Waals surface area contributed by atoms with Crippen molar-refractivity contribution >= 4 is 28.8 Å². The quantitative estimate of drug-likeness (QED) is 0.412. The zero-order chi connectivity index (χ0) is 20.8. The van der Waals surface area contributed by atoms with Crippen LogP contribution in [0.4, 0.5) is 11.5 Å². The van der Waals surface area contributed by atoms with E-state index in [1.165, 1.54) is 5.56 Å². The first-order chi connectivity index (χ1) is 13.7. The summed E-state index contributed by atoms with van der Waals surface area (Å²) in [6, 6.07) is 18.2. The van der Waals surface area contributed by atoms with Gasteiger partial charge in [0.25, 0.3) is 0 Å². The molecule has 0 amide bonds. The first-order valence-electron chi connectivity index (χ1n) is 9.73. The number of rotatable bonds is 3. The number of aromatic nitrogens is 3. The zero-order valence-corrected chi connectivity index (χ0v) is 18.2. The van der Waals surface area contributed by atoms with Crippen molar-refractivity contribution in [3.05, 3.63) is 76.6 Å². The molecule has 0 unspecified atom stereocenters. The van der Waals surface area contributed by atoms with Gasteiger partial charge in [0, 0.05) is 27.8 Å². The molecule has 0 saturated carbocycles. The van der Waals surface area contributed by atoms with E-state index < -0.39 is 0 Å². The lowest BCUT2D eigenvalue weighted by Gasteiger charge is -2.20. The molecule has 5 heteroatoms. The van der Waals surface area contributed by atoms with Gasteiger partial charge in [0.1, 0.15) is 5.82 Å². The summed E-state index contributed by atoms with van der Waals surface area (Å²) in [5.74, 6) is 0.881. The fourth-order valence-corrected chi connectivity index (χ4v) is 3.68. The van der Waals surface area contributed by atoms with Gasteiger partial charge in [-0.2, -0.15) is 9.61 Å². The van der Waals surface area contributed by atoms with Gasteiger partial charge in [0.05, 0.1) is 17.0 Å². The summed E-state index contributed by atoms with van der Waals surface area (Å²) < 4.78 is 1.88. The van der Waals surface area contributed by atoms with Crippen LogP contribution in [0.15, 0.2) is 54.6 Å². The number of nitrogens with one attached hydrogen (secondary N) is 1. The van der Waals surface area contributed by atoms with E-state index in [-0.39, 0.29) is 5.41 Å². The molecular weight excluding hydrogens is 380 g/mol. The molecule has 0 bridgehead atoms. The molecule has 148 valence electrons. The van der Waals surface area contributed by atoms with Crippen molar-refractivity contribution in [3.8, 4) is 11.1 Å². The fourth-order valence-electron chi connectivity index (χ4n) is 3.45. The number of hydrogen-bond donors (Lipinski definition) is 1. The molecule has 0 atom stereocenters. The van der Waals surface area contributed by atoms with Crippen LogP contribution in [0.3, 0.4) is 0 Å². The van der Waals surface area contributed by atoms with Crippen molar-refractivity contribution < 1.29 is 0 Å². The van der Waals surface area contributed by atoms with E-state index in [0.717, 1.165) is 39.7 Å². The number of fused-ring (bicyclic) bond motifs is 1. The first-order valence-corrected chi connectivity index (χ1v) is 10.1. The lowest BCUT2D eigenvalue weighted by Crippen LogP contribution is -2.16. The maximum absolute atomic E-state index is 6.52. The smallest absolute Gasteiger partial charge is 0.165 e. The SMILES string of the molecule is Cc1cccc(Nc2cc(C(C)(C)C)nc3c(-c4ccccc4Cl)c(C)nn23)c1. The minimum absolute atomic E-state index is 0.110. The Morgan fingerprint density at radius 1 is 0.966 bits per heavy atom. The summed E-state index contributed by atoms with van der Waals surface area (Å²) in [7, 11) is 0. The highest BCUT2D eigenvalue weighted by atomic mass is 35.5. The molecule has 4 aromatic rings. The topological polar surface area (TPSA) is 42.2 Å². The molecule has 0 saturated heterocycles. The average molecular weight is 405 g/mol. The highest BCUT2D eigenvalue weighted by Gasteiger charge is 2.23. The maximum atomic E-state index is 6.52. The van der Waals surface area contributed by atoms with Crippen LogP contribution in [0.1, 0.15) is 37.7 Å². The van der Waals surface area contributed by atoms with Crippen molar-refractivity contribution in [2.45, 2.75) is 40.0 Å². The molecule has 0 radical (unpaired) electrons. The maximum Gasteiger partial charge on any atom is 0.165 e. The van der Waals surface area contributed by atoms with Gasteiger partial charge < -0.3 is 5.32 Å². The van der Waals surface area contributed by atoms with Crippen LogP contribution in [-0.2, 0) is 5.41 Å². The number of anilines is 2. The number of aryl methyl sites for hydroxylation is 2. The van der Waals surface area contributed by atoms with E-state index in [0.29, 0.717) is 5.02 Å². The third-order valence-corrected chi connectivity index (χ3v) is 5.30. The van der Waals surface area contributed by atoms with Gasteiger partial charge in [-0.15, -0.1) is 0 Å². The number of hydrogen-bond acceptors (Lipinski definition) is 3. The Balaban J connectivity index is 1.98. The van der Waals surface area contributed by atoms with Crippen molar-refractivity contribution in [1.29, 1.82) is 0 Å². The third kappa shape index (κ3) is 3.73. The molecule has 2 aromatic carbocycles. The second-order valence-corrected chi connectivity index (χ2v) is 8.85. The van der Waals surface area contributed by atoms with Gasteiger partial charge in [-0.3, -0.25) is 0 Å². The summed E-state index contributed by atoms with van der Waals surface area (Å²) >= 11 is 6.52. The van der Waals surface area contributed by atoms with Gasteiger partial charge in [-0.25, -0.2) is 4.98 Å². The fraction of sp³-hybridized carbons (Fsp3) is 0.250. The van der Waals surface area contributed by atoms with Crippen molar-refractivity contribution in [1.82, 2.24) is 14.6 Å². The van der Waals surface area contributed by atoms with Gasteiger partial charge in [0.2, 0.25) is 0 Å². The molecule has 1 N–H and O–H groups in total. The van der Waals surface area contributed by atoms with E-state index in [9.17, 15) is 0 Å². The highest BCUT2D eigenvalue weighted by molar-refractivity contribution is 6.33. The van der Waals surface area contributed by atoms with E-state index in [1.54, 1.807) is 0 Å². The molecule has 2 heterocycles. The van der Waals surface area contributed by atoms with Crippen LogP contribution in [0.2, 0.25) is 5.02 Å². The molecule has 0 aliphatic heterocycles. The molecule has 4 nitrogen and oxygen atoms in total. The van der Waals surface area contributed by atoms with Gasteiger partial charge >= 0.3 is 0 Å². The van der Waals surface area contributed by atoms with Crippen LogP contribution in [0, 0.1) is 13.8 Å². The summed E-state index contributed by atoms with van der Waals surface area (Å²) in [5, 5.41) is 9.04. The minimum atomic E-state index is -0.110. The minimum Gasteiger partial charge on any atom is -0.340 e. The lowest BCUT2D eigenvalue weighted by molar-refractivity contribution is 0.569. The van der Waals surface area contributed by atoms with E-state index in [1.807, 2.05) is 41.8 Å². The summed E-state index contributed by atoms with van der Waals surface area (Å²) in [4.78, 5) is 5.01. The Morgan fingerprint density at radius 2 is 1.72 bits per heavy atom. The molecule has 0 fully saturated rings. The lowest BCUT2D eigenvalue weighted by atomic mass is 9.92. The van der Waals surface area contributed by atoms with Gasteiger partial charge in [-0.05, 0) is 37.6 Å². The largest absolute Gasteiger partial charge is 0.340 e. The predicted molar refractivity (Wildman–Crippen MR) is 121 cm³/mol. The van der Waals surface area contributed by atoms with Gasteiger partial charge in [-0.1, -0.05) is 62.7 Å². The molecular formula is C24H25ClN4. The Labute approximate surface area is 176 Å². The Bertz CT molecular complexity index is 1200. The Hall–Kier alpha value is -2.85. The first kappa shape index (κ1) is 19.5. The number of benzene rings is 2. The van der Waals surface area contributed by atoms with E-state index in [2.05, 4.69) is 57.3 Å². The molecule has 29 heavy (non-hydrogen) atoms. The van der Waals surface area contributed by atoms with Crippen LogP contribution in [0.25, 0.3) is 16.8 Å². The second-order valence-electron chi connectivity index (χ2n) is 8.45. The van der Waals surface area contributed by atoms with Crippen LogP contribution < -0.4 is 5.32 Å². The molecule has 2 aromatic heterocycles. The molecule has 0 aliphatic rings. The summed E-state index contributed by atoms with van der Waals surface area (Å²) in [6.07, 6.45) is 0. The predicted octanol–water partition coefficient (Wildman–Crippen LogP) is 6.71. The molecule has 4 rings (SSSR count). The van der Waals surface area contributed by atoms with E-state index >= 15 is 0 Å². The Morgan fingerprint density at radius 3 is 2.41 bits per heavy atom. The van der Waals surface area contributed by atoms with Crippen molar-refractivity contribution in [2.24, 2.45) is 0 Å². The summed E-state index contributed by atoms with van der Waals surface area (Å²) in [5.41, 5.74) is 6.71. The van der Waals surface area contributed by atoms with Crippen LogP contribution in [0.5, 0.6) is 0 Å². The van der Waals surface area contributed by atoms with Crippen molar-refractivity contribution in [3.63, 3.8) is 0 Å². The monoisotopic (exact) mass is 404 g/mol. The summed E-state index contributed by atoms with van der Waals surface area (Å²) in [6.45, 7) is 10.6. The zero-order valence-electron chi connectivity index (χ0n) is 17.4. The normalized spacial score (nSPS) is 11.8. The standard InChI is InChI=1S/C24H25ClN4/c1-15-9-8-10-17(13-15)26-21-14-20(24(3,4)5)27-23-22(16(2)28-29(21)23)18-11-6-7-12-19(18)25/h6-14,26H,1-5H3. The second kappa shape index (κ2) is 7.20. The number of nitrogens with zero attached hydrogens (tertiary/aromatic N) is 3.